The summed E-state index contributed by atoms with van der Waals surface area (Å²) in [6, 6.07) is 12.2. The Balaban J connectivity index is 1.71. The van der Waals surface area contributed by atoms with Crippen molar-refractivity contribution in [2.45, 2.75) is 56.5 Å². The summed E-state index contributed by atoms with van der Waals surface area (Å²) in [7, 11) is 0. The molecule has 10 heteroatoms. The monoisotopic (exact) mass is 508 g/mol. The fourth-order valence-electron chi connectivity index (χ4n) is 4.35. The summed E-state index contributed by atoms with van der Waals surface area (Å²) in [5.74, 6) is 0.385. The number of nitrogens with zero attached hydrogens (tertiary/aromatic N) is 4. The number of carbonyl (C=O) groups is 1. The Hall–Kier alpha value is -2.52. The number of likely N-dealkylation sites (tertiary alicyclic amines) is 1. The van der Waals surface area contributed by atoms with Crippen LogP contribution in [0.2, 0.25) is 5.02 Å². The summed E-state index contributed by atoms with van der Waals surface area (Å²) >= 11 is 7.52. The van der Waals surface area contributed by atoms with E-state index in [0.29, 0.717) is 21.6 Å². The largest absolute Gasteiger partial charge is 0.416 e. The summed E-state index contributed by atoms with van der Waals surface area (Å²) in [5.41, 5.74) is -0.0123. The minimum atomic E-state index is -4.50. The van der Waals surface area contributed by atoms with Crippen LogP contribution in [0.3, 0.4) is 0 Å². The zero-order valence-electron chi connectivity index (χ0n) is 18.7. The Morgan fingerprint density at radius 1 is 1.09 bits per heavy atom. The maximum Gasteiger partial charge on any atom is 0.416 e. The van der Waals surface area contributed by atoms with Crippen molar-refractivity contribution in [3.05, 3.63) is 59.1 Å². The van der Waals surface area contributed by atoms with Gasteiger partial charge in [-0.3, -0.25) is 9.36 Å². The molecule has 1 fully saturated rings. The quantitative estimate of drug-likeness (QED) is 0.370. The van der Waals surface area contributed by atoms with Crippen LogP contribution in [-0.2, 0) is 11.0 Å². The van der Waals surface area contributed by atoms with E-state index in [1.807, 2.05) is 18.7 Å². The van der Waals surface area contributed by atoms with Gasteiger partial charge in [-0.1, -0.05) is 41.6 Å². The molecule has 1 aliphatic rings. The maximum atomic E-state index is 13.4. The number of rotatable bonds is 5. The van der Waals surface area contributed by atoms with Crippen molar-refractivity contribution in [2.24, 2.45) is 0 Å². The fourth-order valence-corrected chi connectivity index (χ4v) is 5.39. The molecule has 2 aromatic carbocycles. The van der Waals surface area contributed by atoms with Crippen molar-refractivity contribution in [2.75, 3.05) is 5.75 Å². The third kappa shape index (κ3) is 5.10. The molecule has 1 aliphatic heterocycles. The molecule has 1 amide bonds. The molecule has 0 radical (unpaired) electrons. The Morgan fingerprint density at radius 2 is 1.79 bits per heavy atom. The van der Waals surface area contributed by atoms with Crippen molar-refractivity contribution in [3.63, 3.8) is 0 Å². The van der Waals surface area contributed by atoms with Gasteiger partial charge in [0.25, 0.3) is 0 Å². The van der Waals surface area contributed by atoms with Crippen LogP contribution in [0.25, 0.3) is 17.1 Å². The van der Waals surface area contributed by atoms with E-state index >= 15 is 0 Å². The van der Waals surface area contributed by atoms with Gasteiger partial charge in [0.15, 0.2) is 11.0 Å². The standard InChI is InChI=1S/C24H24ClF3N4OS/c1-15-7-5-8-16(2)31(15)21(33)14-34-23-30-29-22(19-11-3-4-12-20(19)25)32(23)18-10-6-9-17(13-18)24(26,27)28/h3-4,6,9-13,15-16H,5,7-8,14H2,1-2H3/t15-,16+. The molecule has 2 heterocycles. The van der Waals surface area contributed by atoms with E-state index in [2.05, 4.69) is 10.2 Å². The lowest BCUT2D eigenvalue weighted by molar-refractivity contribution is -0.137. The lowest BCUT2D eigenvalue weighted by Crippen LogP contribution is -2.48. The minimum Gasteiger partial charge on any atom is -0.337 e. The van der Waals surface area contributed by atoms with Gasteiger partial charge in [0.1, 0.15) is 0 Å². The normalized spacial score (nSPS) is 18.8. The third-order valence-electron chi connectivity index (χ3n) is 5.99. The SMILES string of the molecule is C[C@@H]1CCC[C@H](C)N1C(=O)CSc1nnc(-c2ccccc2Cl)n1-c1cccc(C(F)(F)F)c1. The topological polar surface area (TPSA) is 51.0 Å². The minimum absolute atomic E-state index is 0.0254. The van der Waals surface area contributed by atoms with Crippen LogP contribution in [0.1, 0.15) is 38.7 Å². The number of benzene rings is 2. The van der Waals surface area contributed by atoms with Crippen LogP contribution in [0, 0.1) is 0 Å². The van der Waals surface area contributed by atoms with E-state index in [4.69, 9.17) is 11.6 Å². The third-order valence-corrected chi connectivity index (χ3v) is 7.23. The predicted octanol–water partition coefficient (Wildman–Crippen LogP) is 6.49. The molecule has 0 saturated carbocycles. The number of thioether (sulfide) groups is 1. The molecular formula is C24H24ClF3N4OS. The molecule has 4 rings (SSSR count). The summed E-state index contributed by atoms with van der Waals surface area (Å²) in [5, 5.41) is 9.17. The highest BCUT2D eigenvalue weighted by Gasteiger charge is 2.32. The van der Waals surface area contributed by atoms with Gasteiger partial charge in [0.05, 0.1) is 22.0 Å². The average molecular weight is 509 g/mol. The first-order valence-corrected chi connectivity index (χ1v) is 12.3. The Kier molecular flexibility index (Phi) is 7.23. The van der Waals surface area contributed by atoms with E-state index in [1.54, 1.807) is 30.3 Å². The van der Waals surface area contributed by atoms with Gasteiger partial charge in [-0.15, -0.1) is 10.2 Å². The molecule has 3 aromatic rings. The van der Waals surface area contributed by atoms with E-state index in [1.165, 1.54) is 10.6 Å². The lowest BCUT2D eigenvalue weighted by atomic mass is 9.98. The zero-order valence-corrected chi connectivity index (χ0v) is 20.3. The average Bonchev–Trinajstić information content (AvgIpc) is 3.21. The number of alkyl halides is 3. The molecule has 0 aliphatic carbocycles. The van der Waals surface area contributed by atoms with Crippen LogP contribution in [-0.4, -0.2) is 43.4 Å². The lowest BCUT2D eigenvalue weighted by Gasteiger charge is -2.39. The molecule has 0 unspecified atom stereocenters. The first-order chi connectivity index (χ1) is 16.2. The fraction of sp³-hybridized carbons (Fsp3) is 0.375. The highest BCUT2D eigenvalue weighted by Crippen LogP contribution is 2.35. The second-order valence-corrected chi connectivity index (χ2v) is 9.74. The number of carbonyl (C=O) groups excluding carboxylic acids is 1. The second kappa shape index (κ2) is 10.00. The van der Waals surface area contributed by atoms with Crippen molar-refractivity contribution < 1.29 is 18.0 Å². The molecule has 1 saturated heterocycles. The molecule has 2 atom stereocenters. The second-order valence-electron chi connectivity index (χ2n) is 8.39. The Morgan fingerprint density at radius 3 is 2.47 bits per heavy atom. The smallest absolute Gasteiger partial charge is 0.337 e. The van der Waals surface area contributed by atoms with Crippen molar-refractivity contribution in [1.29, 1.82) is 0 Å². The molecule has 180 valence electrons. The number of piperidine rings is 1. The molecule has 0 bridgehead atoms. The summed E-state index contributed by atoms with van der Waals surface area (Å²) in [6.07, 6.45) is -1.50. The van der Waals surface area contributed by atoms with E-state index < -0.39 is 11.7 Å². The van der Waals surface area contributed by atoms with Gasteiger partial charge >= 0.3 is 6.18 Å². The Labute approximate surface area is 205 Å². The highest BCUT2D eigenvalue weighted by molar-refractivity contribution is 7.99. The van der Waals surface area contributed by atoms with Gasteiger partial charge in [0.2, 0.25) is 5.91 Å². The number of halogens is 4. The van der Waals surface area contributed by atoms with Gasteiger partial charge in [-0.05, 0) is 63.4 Å². The van der Waals surface area contributed by atoms with E-state index in [9.17, 15) is 18.0 Å². The van der Waals surface area contributed by atoms with Crippen molar-refractivity contribution >= 4 is 29.3 Å². The van der Waals surface area contributed by atoms with Gasteiger partial charge in [0, 0.05) is 17.6 Å². The van der Waals surface area contributed by atoms with Gasteiger partial charge in [-0.2, -0.15) is 13.2 Å². The highest BCUT2D eigenvalue weighted by atomic mass is 35.5. The molecule has 0 N–H and O–H groups in total. The molecular weight excluding hydrogens is 485 g/mol. The summed E-state index contributed by atoms with van der Waals surface area (Å²) in [4.78, 5) is 14.9. The number of amides is 1. The first-order valence-electron chi connectivity index (χ1n) is 11.0. The number of hydrogen-bond acceptors (Lipinski definition) is 4. The van der Waals surface area contributed by atoms with Gasteiger partial charge in [-0.25, -0.2) is 0 Å². The molecule has 0 spiro atoms. The van der Waals surface area contributed by atoms with Crippen molar-refractivity contribution in [1.82, 2.24) is 19.7 Å². The maximum absolute atomic E-state index is 13.4. The number of aromatic nitrogens is 3. The van der Waals surface area contributed by atoms with Crippen LogP contribution < -0.4 is 0 Å². The number of hydrogen-bond donors (Lipinski definition) is 0. The van der Waals surface area contributed by atoms with Crippen LogP contribution >= 0.6 is 23.4 Å². The first kappa shape index (κ1) is 24.6. The Bertz CT molecular complexity index is 1170. The zero-order chi connectivity index (χ0) is 24.5. The van der Waals surface area contributed by atoms with Crippen LogP contribution in [0.15, 0.2) is 53.7 Å². The van der Waals surface area contributed by atoms with Crippen molar-refractivity contribution in [3.8, 4) is 17.1 Å². The van der Waals surface area contributed by atoms with Gasteiger partial charge < -0.3 is 4.90 Å². The predicted molar refractivity (Wildman–Crippen MR) is 127 cm³/mol. The summed E-state index contributed by atoms with van der Waals surface area (Å²) in [6.45, 7) is 4.08. The van der Waals surface area contributed by atoms with E-state index in [-0.39, 0.29) is 29.4 Å². The summed E-state index contributed by atoms with van der Waals surface area (Å²) < 4.78 is 41.8. The van der Waals surface area contributed by atoms with Crippen LogP contribution in [0.5, 0.6) is 0 Å². The molecule has 1 aromatic heterocycles. The van der Waals surface area contributed by atoms with E-state index in [0.717, 1.165) is 43.2 Å². The molecule has 34 heavy (non-hydrogen) atoms. The molecule has 5 nitrogen and oxygen atoms in total. The van der Waals surface area contributed by atoms with Crippen LogP contribution in [0.4, 0.5) is 13.2 Å².